The molecule has 2 rings (SSSR count). The zero-order valence-electron chi connectivity index (χ0n) is 11.7. The molecule has 20 heavy (non-hydrogen) atoms. The topological polar surface area (TPSA) is 96.5 Å². The van der Waals surface area contributed by atoms with E-state index in [1.807, 2.05) is 6.92 Å². The highest BCUT2D eigenvalue weighted by Crippen LogP contribution is 2.30. The van der Waals surface area contributed by atoms with Gasteiger partial charge >= 0.3 is 5.97 Å². The number of aryl methyl sites for hydroxylation is 1. The minimum atomic E-state index is -0.893. The highest BCUT2D eigenvalue weighted by atomic mass is 16.4. The summed E-state index contributed by atoms with van der Waals surface area (Å²) >= 11 is 0. The molecule has 0 aromatic carbocycles. The monoisotopic (exact) mass is 277 g/mol. The number of carbonyl (C=O) groups is 2. The molecule has 1 aliphatic rings. The molecule has 0 aliphatic carbocycles. The van der Waals surface area contributed by atoms with Crippen LogP contribution in [-0.4, -0.2) is 34.6 Å². The number of pyridine rings is 1. The first kappa shape index (κ1) is 14.3. The Morgan fingerprint density at radius 1 is 1.50 bits per heavy atom. The van der Waals surface area contributed by atoms with Crippen LogP contribution in [0, 0.1) is 12.8 Å². The second kappa shape index (κ2) is 5.48. The number of rotatable bonds is 3. The predicted molar refractivity (Wildman–Crippen MR) is 74.7 cm³/mol. The number of nitrogens with two attached hydrogens (primary N) is 1. The minimum absolute atomic E-state index is 0.00397. The van der Waals surface area contributed by atoms with Crippen LogP contribution in [0.1, 0.15) is 35.7 Å². The molecule has 3 N–H and O–H groups in total. The molecule has 1 aromatic rings. The zero-order valence-corrected chi connectivity index (χ0v) is 11.7. The summed E-state index contributed by atoms with van der Waals surface area (Å²) in [6, 6.07) is 1.03. The Labute approximate surface area is 117 Å². The number of hydrogen-bond donors (Lipinski definition) is 2. The number of carboxylic acids is 1. The molecule has 0 saturated carbocycles. The smallest absolute Gasteiger partial charge is 0.326 e. The lowest BCUT2D eigenvalue weighted by atomic mass is 9.90. The van der Waals surface area contributed by atoms with Gasteiger partial charge in [0.1, 0.15) is 11.9 Å². The fourth-order valence-electron chi connectivity index (χ4n) is 2.87. The first-order valence-electron chi connectivity index (χ1n) is 6.68. The van der Waals surface area contributed by atoms with Crippen molar-refractivity contribution in [1.29, 1.82) is 0 Å². The fourth-order valence-corrected chi connectivity index (χ4v) is 2.87. The fraction of sp³-hybridized carbons (Fsp3) is 0.500. The third-order valence-electron chi connectivity index (χ3n) is 3.84. The number of carboxylic acid groups (broad SMARTS) is 1. The molecule has 2 unspecified atom stereocenters. The van der Waals surface area contributed by atoms with Gasteiger partial charge in [0.15, 0.2) is 0 Å². The summed E-state index contributed by atoms with van der Waals surface area (Å²) in [4.78, 5) is 29.1. The third-order valence-corrected chi connectivity index (χ3v) is 3.84. The number of anilines is 1. The van der Waals surface area contributed by atoms with Crippen molar-refractivity contribution in [3.8, 4) is 0 Å². The van der Waals surface area contributed by atoms with Gasteiger partial charge in [0.05, 0.1) is 5.56 Å². The minimum Gasteiger partial charge on any atom is -0.480 e. The number of primary amides is 1. The van der Waals surface area contributed by atoms with E-state index in [1.54, 1.807) is 24.1 Å². The molecular weight excluding hydrogens is 258 g/mol. The average Bonchev–Trinajstić information content (AvgIpc) is 2.37. The van der Waals surface area contributed by atoms with E-state index in [9.17, 15) is 14.7 Å². The Balaban J connectivity index is 2.51. The van der Waals surface area contributed by atoms with Gasteiger partial charge in [-0.1, -0.05) is 6.92 Å². The van der Waals surface area contributed by atoms with Crippen LogP contribution in [0.3, 0.4) is 0 Å². The maximum absolute atomic E-state index is 11.7. The van der Waals surface area contributed by atoms with Gasteiger partial charge < -0.3 is 15.7 Å². The molecule has 1 fully saturated rings. The van der Waals surface area contributed by atoms with E-state index in [0.717, 1.165) is 12.8 Å². The van der Waals surface area contributed by atoms with Crippen molar-refractivity contribution in [2.75, 3.05) is 11.4 Å². The number of hydrogen-bond acceptors (Lipinski definition) is 4. The van der Waals surface area contributed by atoms with Gasteiger partial charge in [-0.2, -0.15) is 0 Å². The average molecular weight is 277 g/mol. The summed E-state index contributed by atoms with van der Waals surface area (Å²) in [6.07, 6.45) is 3.30. The number of aliphatic carboxylic acids is 1. The van der Waals surface area contributed by atoms with E-state index in [1.165, 1.54) is 0 Å². The van der Waals surface area contributed by atoms with Crippen molar-refractivity contribution >= 4 is 17.7 Å². The van der Waals surface area contributed by atoms with Crippen LogP contribution in [-0.2, 0) is 4.79 Å². The molecule has 108 valence electrons. The molecular formula is C14H19N3O3. The van der Waals surface area contributed by atoms with Gasteiger partial charge in [0.2, 0.25) is 0 Å². The van der Waals surface area contributed by atoms with Crippen molar-refractivity contribution in [3.63, 3.8) is 0 Å². The number of carbonyl (C=O) groups excluding carboxylic acids is 1. The molecule has 0 spiro atoms. The van der Waals surface area contributed by atoms with Crippen LogP contribution in [0.4, 0.5) is 5.82 Å². The first-order valence-corrected chi connectivity index (χ1v) is 6.68. The quantitative estimate of drug-likeness (QED) is 0.864. The summed E-state index contributed by atoms with van der Waals surface area (Å²) in [7, 11) is 0. The lowest BCUT2D eigenvalue weighted by Crippen LogP contribution is -2.50. The highest BCUT2D eigenvalue weighted by molar-refractivity contribution is 5.99. The van der Waals surface area contributed by atoms with E-state index in [4.69, 9.17) is 5.73 Å². The summed E-state index contributed by atoms with van der Waals surface area (Å²) in [5.74, 6) is -1.08. The first-order chi connectivity index (χ1) is 9.43. The summed E-state index contributed by atoms with van der Waals surface area (Å²) in [5, 5.41) is 9.45. The van der Waals surface area contributed by atoms with Crippen molar-refractivity contribution in [2.24, 2.45) is 11.7 Å². The Bertz CT molecular complexity index is 544. The molecule has 6 heteroatoms. The maximum atomic E-state index is 11.7. The van der Waals surface area contributed by atoms with Crippen LogP contribution in [0.5, 0.6) is 0 Å². The van der Waals surface area contributed by atoms with E-state index in [-0.39, 0.29) is 5.92 Å². The van der Waals surface area contributed by atoms with E-state index >= 15 is 0 Å². The maximum Gasteiger partial charge on any atom is 0.326 e. The molecule has 1 saturated heterocycles. The van der Waals surface area contributed by atoms with Crippen LogP contribution in [0.15, 0.2) is 12.3 Å². The Hall–Kier alpha value is -2.11. The lowest BCUT2D eigenvalue weighted by Gasteiger charge is -2.38. The molecule has 6 nitrogen and oxygen atoms in total. The zero-order chi connectivity index (χ0) is 14.9. The second-order valence-electron chi connectivity index (χ2n) is 5.29. The van der Waals surface area contributed by atoms with Gasteiger partial charge in [0, 0.05) is 12.7 Å². The van der Waals surface area contributed by atoms with Gasteiger partial charge in [0.25, 0.3) is 5.91 Å². The Kier molecular flexibility index (Phi) is 3.92. The van der Waals surface area contributed by atoms with Gasteiger partial charge in [-0.15, -0.1) is 0 Å². The van der Waals surface area contributed by atoms with Crippen molar-refractivity contribution in [2.45, 2.75) is 32.7 Å². The molecule has 0 bridgehead atoms. The highest BCUT2D eigenvalue weighted by Gasteiger charge is 2.36. The van der Waals surface area contributed by atoms with Crippen LogP contribution in [0.2, 0.25) is 0 Å². The van der Waals surface area contributed by atoms with Gasteiger partial charge in [-0.3, -0.25) is 4.79 Å². The molecule has 2 atom stereocenters. The second-order valence-corrected chi connectivity index (χ2v) is 5.29. The van der Waals surface area contributed by atoms with Crippen molar-refractivity contribution in [1.82, 2.24) is 4.98 Å². The standard InChI is InChI=1S/C14H19N3O3/c1-8-5-6-16-13(10(8)12(15)18)17-7-3-4-9(2)11(17)14(19)20/h5-6,9,11H,3-4,7H2,1-2H3,(H2,15,18)(H,19,20). The third kappa shape index (κ3) is 2.45. The van der Waals surface area contributed by atoms with Crippen LogP contribution < -0.4 is 10.6 Å². The van der Waals surface area contributed by atoms with Gasteiger partial charge in [-0.05, 0) is 37.3 Å². The molecule has 1 aliphatic heterocycles. The molecule has 1 amide bonds. The van der Waals surface area contributed by atoms with Gasteiger partial charge in [-0.25, -0.2) is 9.78 Å². The summed E-state index contributed by atoms with van der Waals surface area (Å²) in [5.41, 5.74) is 6.45. The molecule has 2 heterocycles. The molecule has 0 radical (unpaired) electrons. The predicted octanol–water partition coefficient (Wildman–Crippen LogP) is 1.18. The van der Waals surface area contributed by atoms with Crippen molar-refractivity contribution in [3.05, 3.63) is 23.4 Å². The Morgan fingerprint density at radius 2 is 2.20 bits per heavy atom. The number of amides is 1. The van der Waals surface area contributed by atoms with Crippen LogP contribution in [0.25, 0.3) is 0 Å². The normalized spacial score (nSPS) is 22.6. The Morgan fingerprint density at radius 3 is 2.80 bits per heavy atom. The molecule has 1 aromatic heterocycles. The van der Waals surface area contributed by atoms with Crippen molar-refractivity contribution < 1.29 is 14.7 Å². The number of piperidine rings is 1. The lowest BCUT2D eigenvalue weighted by molar-refractivity contribution is -0.140. The largest absolute Gasteiger partial charge is 0.480 e. The van der Waals surface area contributed by atoms with Crippen LogP contribution >= 0.6 is 0 Å². The summed E-state index contributed by atoms with van der Waals surface area (Å²) < 4.78 is 0. The van der Waals surface area contributed by atoms with E-state index in [0.29, 0.717) is 23.5 Å². The SMILES string of the molecule is Cc1ccnc(N2CCCC(C)C2C(=O)O)c1C(N)=O. The number of aromatic nitrogens is 1. The van der Waals surface area contributed by atoms with E-state index in [2.05, 4.69) is 4.98 Å². The number of nitrogens with zero attached hydrogens (tertiary/aromatic N) is 2. The van der Waals surface area contributed by atoms with E-state index < -0.39 is 17.9 Å². The summed E-state index contributed by atoms with van der Waals surface area (Å²) in [6.45, 7) is 4.25.